The second-order valence-electron chi connectivity index (χ2n) is 5.04. The molecular formula is C16H14N6O. The highest BCUT2D eigenvalue weighted by Gasteiger charge is 2.22. The third-order valence-corrected chi connectivity index (χ3v) is 3.67. The zero-order valence-electron chi connectivity index (χ0n) is 12.1. The largest absolute Gasteiger partial charge is 0.281 e. The lowest BCUT2D eigenvalue weighted by Crippen LogP contribution is -2.41. The number of hydrogen-bond donors (Lipinski definition) is 4. The first-order chi connectivity index (χ1) is 11.3. The van der Waals surface area contributed by atoms with E-state index < -0.39 is 0 Å². The summed E-state index contributed by atoms with van der Waals surface area (Å²) in [7, 11) is 0. The first-order valence-corrected chi connectivity index (χ1v) is 7.07. The van der Waals surface area contributed by atoms with Crippen molar-refractivity contribution < 1.29 is 4.94 Å². The van der Waals surface area contributed by atoms with E-state index in [2.05, 4.69) is 11.0 Å². The van der Waals surface area contributed by atoms with Gasteiger partial charge in [-0.05, 0) is 24.3 Å². The van der Waals surface area contributed by atoms with Gasteiger partial charge in [-0.3, -0.25) is 20.0 Å². The lowest BCUT2D eigenvalue weighted by atomic mass is 10.3. The Balaban J connectivity index is 2.08. The maximum absolute atomic E-state index is 8.42. The van der Waals surface area contributed by atoms with Crippen molar-refractivity contribution in [1.82, 2.24) is 9.13 Å². The van der Waals surface area contributed by atoms with Crippen molar-refractivity contribution in [2.45, 2.75) is 0 Å². The van der Waals surface area contributed by atoms with E-state index in [0.29, 0.717) is 11.6 Å². The fourth-order valence-electron chi connectivity index (χ4n) is 2.63. The van der Waals surface area contributed by atoms with E-state index in [1.54, 1.807) is 9.13 Å². The molecule has 4 N–H and O–H groups in total. The molecule has 7 heteroatoms. The smallest absolute Gasteiger partial charge is 0.182 e. The molecule has 0 saturated heterocycles. The van der Waals surface area contributed by atoms with Gasteiger partial charge < -0.3 is 0 Å². The predicted octanol–water partition coefficient (Wildman–Crippen LogP) is 1.91. The van der Waals surface area contributed by atoms with Gasteiger partial charge in [0.25, 0.3) is 0 Å². The van der Waals surface area contributed by atoms with Gasteiger partial charge in [0.15, 0.2) is 22.6 Å². The molecular weight excluding hydrogens is 292 g/mol. The molecule has 4 rings (SSSR count). The molecule has 0 bridgehead atoms. The zero-order chi connectivity index (χ0) is 15.8. The molecule has 114 valence electrons. The molecule has 0 spiro atoms. The van der Waals surface area contributed by atoms with Crippen molar-refractivity contribution >= 4 is 11.6 Å². The normalized spacial score (nSPS) is 12.3. The van der Waals surface area contributed by atoms with Gasteiger partial charge in [0.05, 0.1) is 0 Å². The van der Waals surface area contributed by atoms with E-state index in [4.69, 9.17) is 15.8 Å². The van der Waals surface area contributed by atoms with E-state index in [9.17, 15) is 0 Å². The second kappa shape index (κ2) is 5.15. The molecule has 0 atom stereocenters. The van der Waals surface area contributed by atoms with Crippen LogP contribution >= 0.6 is 0 Å². The van der Waals surface area contributed by atoms with E-state index in [-0.39, 0.29) is 11.0 Å². The van der Waals surface area contributed by atoms with E-state index >= 15 is 0 Å². The molecule has 2 heterocycles. The molecule has 1 aromatic heterocycles. The Morgan fingerprint density at radius 2 is 1.04 bits per heavy atom. The van der Waals surface area contributed by atoms with Gasteiger partial charge in [-0.2, -0.15) is 4.94 Å². The molecule has 0 amide bonds. The molecule has 0 radical (unpaired) electrons. The molecule has 2 aromatic carbocycles. The number of nitrogens with one attached hydrogen (secondary N) is 4. The molecule has 7 nitrogen and oxygen atoms in total. The highest BCUT2D eigenvalue weighted by atomic mass is 16.8. The molecule has 1 aliphatic heterocycles. The summed E-state index contributed by atoms with van der Waals surface area (Å²) in [5.74, 6) is 1.14. The van der Waals surface area contributed by atoms with Gasteiger partial charge in [-0.15, -0.1) is 0 Å². The number of fused-ring (bicyclic) bond motifs is 1. The first-order valence-electron chi connectivity index (χ1n) is 7.07. The van der Waals surface area contributed by atoms with E-state index in [1.165, 1.54) is 0 Å². The summed E-state index contributed by atoms with van der Waals surface area (Å²) in [5, 5.41) is 16.8. The third-order valence-electron chi connectivity index (χ3n) is 3.67. The molecule has 23 heavy (non-hydrogen) atoms. The van der Waals surface area contributed by atoms with Crippen molar-refractivity contribution in [3.63, 3.8) is 0 Å². The number of hydrogen-bond acceptors (Lipinski definition) is 5. The summed E-state index contributed by atoms with van der Waals surface area (Å²) in [6.07, 6.45) is 0. The zero-order valence-corrected chi connectivity index (χ0v) is 12.1. The Hall–Kier alpha value is -3.32. The summed E-state index contributed by atoms with van der Waals surface area (Å²) in [6.45, 7) is 0. The van der Waals surface area contributed by atoms with Crippen molar-refractivity contribution in [3.05, 3.63) is 71.6 Å². The molecule has 0 saturated carbocycles. The Morgan fingerprint density at radius 1 is 0.652 bits per heavy atom. The molecule has 0 aliphatic carbocycles. The highest BCUT2D eigenvalue weighted by Crippen LogP contribution is 2.28. The van der Waals surface area contributed by atoms with Crippen LogP contribution in [0.25, 0.3) is 11.4 Å². The van der Waals surface area contributed by atoms with Crippen LogP contribution in [0.1, 0.15) is 0 Å². The molecule has 0 unspecified atom stereocenters. The van der Waals surface area contributed by atoms with Gasteiger partial charge in [-0.1, -0.05) is 36.4 Å². The van der Waals surface area contributed by atoms with Crippen LogP contribution in [0.5, 0.6) is 0 Å². The van der Waals surface area contributed by atoms with Crippen LogP contribution in [0.15, 0.2) is 60.7 Å². The number of rotatable bonds is 2. The summed E-state index contributed by atoms with van der Waals surface area (Å²) in [4.78, 5) is 5.14. The van der Waals surface area contributed by atoms with Crippen molar-refractivity contribution in [2.24, 2.45) is 0 Å². The van der Waals surface area contributed by atoms with Crippen LogP contribution in [-0.4, -0.2) is 9.13 Å². The summed E-state index contributed by atoms with van der Waals surface area (Å²) in [5.41, 5.74) is 7.21. The van der Waals surface area contributed by atoms with Crippen LogP contribution in [0.3, 0.4) is 0 Å². The minimum atomic E-state index is 0.0543. The Bertz CT molecular complexity index is 895. The van der Waals surface area contributed by atoms with Gasteiger partial charge in [-0.25, -0.2) is 11.0 Å². The van der Waals surface area contributed by atoms with Crippen molar-refractivity contribution in [3.8, 4) is 11.4 Å². The van der Waals surface area contributed by atoms with E-state index in [0.717, 1.165) is 11.4 Å². The summed E-state index contributed by atoms with van der Waals surface area (Å²) < 4.78 is 3.27. The molecule has 3 aromatic rings. The topological polar surface area (TPSA) is 90.9 Å². The van der Waals surface area contributed by atoms with Crippen molar-refractivity contribution in [1.29, 1.82) is 10.8 Å². The standard InChI is InChI=1S/C16H14N6O/c17-13-14(18)22(12-9-5-2-6-10-12)16-15(19-23-20-16)21(13)11-7-3-1-4-8-11/h1-10,17-20H. The summed E-state index contributed by atoms with van der Waals surface area (Å²) in [6, 6.07) is 18.9. The fourth-order valence-corrected chi connectivity index (χ4v) is 2.63. The minimum absolute atomic E-state index is 0.0543. The Labute approximate surface area is 131 Å². The maximum Gasteiger partial charge on any atom is 0.182 e. The average molecular weight is 306 g/mol. The lowest BCUT2D eigenvalue weighted by molar-refractivity contribution is 0.279. The fraction of sp³-hybridized carbons (Fsp3) is 0. The van der Waals surface area contributed by atoms with Crippen LogP contribution in [0, 0.1) is 10.8 Å². The average Bonchev–Trinajstić information content (AvgIpc) is 3.06. The van der Waals surface area contributed by atoms with Crippen LogP contribution in [0.4, 0.5) is 11.6 Å². The van der Waals surface area contributed by atoms with Crippen LogP contribution in [0.2, 0.25) is 0 Å². The maximum atomic E-state index is 8.42. The molecule has 1 aliphatic rings. The first kappa shape index (κ1) is 13.4. The van der Waals surface area contributed by atoms with Gasteiger partial charge in [0, 0.05) is 11.4 Å². The highest BCUT2D eigenvalue weighted by molar-refractivity contribution is 5.66. The van der Waals surface area contributed by atoms with Gasteiger partial charge in [0.2, 0.25) is 0 Å². The third kappa shape index (κ3) is 2.02. The monoisotopic (exact) mass is 306 g/mol. The second-order valence-corrected chi connectivity index (χ2v) is 5.04. The number of nitrogens with zero attached hydrogens (tertiary/aromatic N) is 2. The number of para-hydroxylation sites is 2. The van der Waals surface area contributed by atoms with E-state index in [1.807, 2.05) is 60.7 Å². The predicted molar refractivity (Wildman–Crippen MR) is 85.1 cm³/mol. The van der Waals surface area contributed by atoms with Crippen LogP contribution in [-0.2, 0) is 4.94 Å². The summed E-state index contributed by atoms with van der Waals surface area (Å²) >= 11 is 0. The van der Waals surface area contributed by atoms with Gasteiger partial charge >= 0.3 is 0 Å². The minimum Gasteiger partial charge on any atom is -0.281 e. The number of aromatic nitrogens is 2. The van der Waals surface area contributed by atoms with Gasteiger partial charge in [0.1, 0.15) is 0 Å². The number of anilines is 2. The van der Waals surface area contributed by atoms with Crippen molar-refractivity contribution in [2.75, 3.05) is 11.0 Å². The number of benzene rings is 2. The Morgan fingerprint density at radius 3 is 1.43 bits per heavy atom. The quantitative estimate of drug-likeness (QED) is 0.583. The Kier molecular flexibility index (Phi) is 2.99. The SMILES string of the molecule is N=c1c(=N)n(-c2ccccc2)c2c(n1-c1ccccc1)NON2. The lowest BCUT2D eigenvalue weighted by Gasteiger charge is -2.16. The molecule has 0 fully saturated rings. The van der Waals surface area contributed by atoms with Crippen LogP contribution < -0.4 is 21.9 Å².